The molecule has 2 unspecified atom stereocenters. The van der Waals surface area contributed by atoms with Crippen molar-refractivity contribution in [2.45, 2.75) is 141 Å². The third-order valence-corrected chi connectivity index (χ3v) is 9.74. The van der Waals surface area contributed by atoms with Crippen molar-refractivity contribution in [1.82, 2.24) is 10.2 Å². The van der Waals surface area contributed by atoms with Gasteiger partial charge in [0.25, 0.3) is 0 Å². The van der Waals surface area contributed by atoms with E-state index in [4.69, 9.17) is 23.7 Å². The van der Waals surface area contributed by atoms with E-state index in [9.17, 15) is 20.1 Å². The molecular weight excluding hydrogens is 556 g/mol. The maximum atomic E-state index is 13.5. The SMILES string of the molecule is CC[C@H]1OC(=O)C(C)C(O)[C@H](C)[C@@H](O[C@@H]2O[C@H](C)C[C@H](N(C)C)[C@H]2O)[C@@]2(C)C[C@@H](C)CN[C@H](C)[C@@H](O/C=C/CO2)[C@]1(C)O. The fourth-order valence-corrected chi connectivity index (χ4v) is 7.14. The zero-order chi connectivity index (χ0) is 32.3. The second-order valence-corrected chi connectivity index (χ2v) is 13.9. The summed E-state index contributed by atoms with van der Waals surface area (Å²) in [7, 11) is 3.83. The highest BCUT2D eigenvalue weighted by atomic mass is 16.7. The van der Waals surface area contributed by atoms with Gasteiger partial charge in [-0.1, -0.05) is 20.8 Å². The van der Waals surface area contributed by atoms with Crippen molar-refractivity contribution in [3.8, 4) is 0 Å². The van der Waals surface area contributed by atoms with E-state index in [0.29, 0.717) is 25.8 Å². The first kappa shape index (κ1) is 36.2. The van der Waals surface area contributed by atoms with E-state index in [1.807, 2.05) is 53.6 Å². The number of nitrogens with one attached hydrogen (secondary N) is 1. The molecule has 4 aliphatic heterocycles. The number of likely N-dealkylation sites (N-methyl/N-ethyl adjacent to an activating group) is 1. The summed E-state index contributed by atoms with van der Waals surface area (Å²) in [6.45, 7) is 15.6. The van der Waals surface area contributed by atoms with Crippen LogP contribution in [-0.4, -0.2) is 120 Å². The minimum atomic E-state index is -1.54. The van der Waals surface area contributed by atoms with E-state index in [-0.39, 0.29) is 30.7 Å². The molecule has 14 atom stereocenters. The van der Waals surface area contributed by atoms with Crippen molar-refractivity contribution in [1.29, 1.82) is 0 Å². The number of carbonyl (C=O) groups excluding carboxylic acids is 1. The molecule has 0 spiro atoms. The summed E-state index contributed by atoms with van der Waals surface area (Å²) in [4.78, 5) is 15.5. The first-order valence-electron chi connectivity index (χ1n) is 16.0. The minimum absolute atomic E-state index is 0.0740. The summed E-state index contributed by atoms with van der Waals surface area (Å²) in [5.74, 6) is -2.14. The molecule has 2 bridgehead atoms. The molecule has 0 amide bonds. The Hall–Kier alpha value is -1.31. The Labute approximate surface area is 258 Å². The van der Waals surface area contributed by atoms with E-state index < -0.39 is 65.8 Å². The summed E-state index contributed by atoms with van der Waals surface area (Å²) < 4.78 is 31.4. The predicted octanol–water partition coefficient (Wildman–Crippen LogP) is 2.21. The number of ether oxygens (including phenoxy) is 5. The lowest BCUT2D eigenvalue weighted by atomic mass is 9.77. The number of aliphatic hydroxyl groups excluding tert-OH is 2. The monoisotopic (exact) mass is 614 g/mol. The van der Waals surface area contributed by atoms with Crippen LogP contribution in [0.4, 0.5) is 0 Å². The topological polar surface area (TPSA) is 139 Å². The molecule has 4 N–H and O–H groups in total. The predicted molar refractivity (Wildman–Crippen MR) is 162 cm³/mol. The third-order valence-electron chi connectivity index (χ3n) is 9.74. The molecule has 0 saturated carbocycles. The van der Waals surface area contributed by atoms with Gasteiger partial charge in [0.05, 0.1) is 42.7 Å². The van der Waals surface area contributed by atoms with Crippen molar-refractivity contribution in [3.05, 3.63) is 12.3 Å². The van der Waals surface area contributed by atoms with Gasteiger partial charge in [0.15, 0.2) is 6.29 Å². The van der Waals surface area contributed by atoms with Gasteiger partial charge in [0.1, 0.15) is 23.9 Å². The largest absolute Gasteiger partial charge is 0.493 e. The second-order valence-electron chi connectivity index (χ2n) is 13.9. The molecule has 2 saturated heterocycles. The molecule has 250 valence electrons. The molecule has 4 aliphatic rings. The van der Waals surface area contributed by atoms with Crippen LogP contribution in [0.25, 0.3) is 0 Å². The van der Waals surface area contributed by atoms with Gasteiger partial charge in [0, 0.05) is 18.0 Å². The fraction of sp³-hybridized carbons (Fsp3) is 0.906. The fourth-order valence-electron chi connectivity index (χ4n) is 7.14. The molecule has 0 aromatic carbocycles. The Balaban J connectivity index is 2.12. The van der Waals surface area contributed by atoms with Gasteiger partial charge in [-0.05, 0) is 86.5 Å². The number of hydrogen-bond acceptors (Lipinski definition) is 11. The Kier molecular flexibility index (Phi) is 12.5. The van der Waals surface area contributed by atoms with E-state index >= 15 is 0 Å². The summed E-state index contributed by atoms with van der Waals surface area (Å²) in [6, 6.07) is -0.484. The van der Waals surface area contributed by atoms with Gasteiger partial charge in [-0.3, -0.25) is 4.79 Å². The van der Waals surface area contributed by atoms with Crippen molar-refractivity contribution >= 4 is 5.97 Å². The highest BCUT2D eigenvalue weighted by Gasteiger charge is 2.51. The number of fused-ring (bicyclic) bond motifs is 14. The van der Waals surface area contributed by atoms with Gasteiger partial charge in [-0.15, -0.1) is 0 Å². The first-order valence-corrected chi connectivity index (χ1v) is 16.0. The van der Waals surface area contributed by atoms with Crippen molar-refractivity contribution in [2.24, 2.45) is 17.8 Å². The lowest BCUT2D eigenvalue weighted by Gasteiger charge is -2.48. The smallest absolute Gasteiger partial charge is 0.311 e. The summed E-state index contributed by atoms with van der Waals surface area (Å²) in [6.07, 6.45) is -0.899. The number of esters is 1. The van der Waals surface area contributed by atoms with E-state index in [1.165, 1.54) is 6.26 Å². The normalized spacial score (nSPS) is 48.2. The maximum absolute atomic E-state index is 13.5. The van der Waals surface area contributed by atoms with Crippen molar-refractivity contribution in [2.75, 3.05) is 27.2 Å². The van der Waals surface area contributed by atoms with Crippen LogP contribution in [-0.2, 0) is 28.5 Å². The molecule has 4 heterocycles. The molecule has 0 radical (unpaired) electrons. The van der Waals surface area contributed by atoms with Crippen molar-refractivity contribution < 1.29 is 43.8 Å². The molecule has 2 fully saturated rings. The molecule has 0 aromatic heterocycles. The van der Waals surface area contributed by atoms with Crippen molar-refractivity contribution in [3.63, 3.8) is 0 Å². The van der Waals surface area contributed by atoms with Gasteiger partial charge in [0.2, 0.25) is 0 Å². The Morgan fingerprint density at radius 2 is 1.79 bits per heavy atom. The van der Waals surface area contributed by atoms with Crippen LogP contribution in [0.2, 0.25) is 0 Å². The third kappa shape index (κ3) is 8.30. The number of carbonyl (C=O) groups is 1. The van der Waals surface area contributed by atoms with Crippen LogP contribution in [0.1, 0.15) is 74.7 Å². The first-order chi connectivity index (χ1) is 20.0. The number of nitrogens with zero attached hydrogens (tertiary/aromatic N) is 1. The van der Waals surface area contributed by atoms with Crippen LogP contribution in [0.3, 0.4) is 0 Å². The summed E-state index contributed by atoms with van der Waals surface area (Å²) in [5.41, 5.74) is -2.51. The Morgan fingerprint density at radius 3 is 2.42 bits per heavy atom. The van der Waals surface area contributed by atoms with Crippen LogP contribution < -0.4 is 5.32 Å². The minimum Gasteiger partial charge on any atom is -0.493 e. The molecule has 0 aliphatic carbocycles. The number of hydrogen-bond donors (Lipinski definition) is 4. The highest BCUT2D eigenvalue weighted by molar-refractivity contribution is 5.73. The lowest BCUT2D eigenvalue weighted by Crippen LogP contribution is -2.60. The average Bonchev–Trinajstić information content (AvgIpc) is 2.93. The molecular formula is C32H58N2O9. The standard InChI is InChI=1S/C32H58N2O9/c1-11-24-32(8,38)28-22(6)33-17-18(2)16-31(7,40-14-12-13-39-28)27(20(4)25(35)21(5)29(37)42-24)43-30-26(36)23(34(9)10)15-19(3)41-30/h12-13,18-28,30,33,35-36,38H,11,14-17H2,1-10H3/b13-12+/t18-,19-,20+,21?,22-,23+,24-,25?,26-,27-,28-,30+,31-,32-/m1/s1. The van der Waals surface area contributed by atoms with Crippen LogP contribution >= 0.6 is 0 Å². The molecule has 11 heteroatoms. The van der Waals surface area contributed by atoms with E-state index in [2.05, 4.69) is 12.2 Å². The van der Waals surface area contributed by atoms with Gasteiger partial charge in [-0.2, -0.15) is 0 Å². The Bertz CT molecular complexity index is 933. The van der Waals surface area contributed by atoms with E-state index in [1.54, 1.807) is 19.9 Å². The molecule has 4 rings (SSSR count). The van der Waals surface area contributed by atoms with Gasteiger partial charge in [-0.25, -0.2) is 0 Å². The Morgan fingerprint density at radius 1 is 1.12 bits per heavy atom. The number of rotatable bonds is 4. The van der Waals surface area contributed by atoms with Crippen LogP contribution in [0, 0.1) is 17.8 Å². The zero-order valence-electron chi connectivity index (χ0n) is 27.9. The van der Waals surface area contributed by atoms with Gasteiger partial charge >= 0.3 is 5.97 Å². The summed E-state index contributed by atoms with van der Waals surface area (Å²) in [5, 5.41) is 38.3. The number of aliphatic hydroxyl groups is 3. The van der Waals surface area contributed by atoms with Crippen LogP contribution in [0.5, 0.6) is 0 Å². The van der Waals surface area contributed by atoms with Gasteiger partial charge < -0.3 is 49.2 Å². The molecule has 43 heavy (non-hydrogen) atoms. The maximum Gasteiger partial charge on any atom is 0.311 e. The highest BCUT2D eigenvalue weighted by Crippen LogP contribution is 2.38. The second kappa shape index (κ2) is 14.9. The lowest BCUT2D eigenvalue weighted by molar-refractivity contribution is -0.302. The molecule has 0 aromatic rings. The van der Waals surface area contributed by atoms with Crippen LogP contribution in [0.15, 0.2) is 12.3 Å². The quantitative estimate of drug-likeness (QED) is 0.347. The average molecular weight is 615 g/mol. The summed E-state index contributed by atoms with van der Waals surface area (Å²) >= 11 is 0. The zero-order valence-corrected chi connectivity index (χ0v) is 27.9. The van der Waals surface area contributed by atoms with E-state index in [0.717, 1.165) is 0 Å². The molecule has 11 nitrogen and oxygen atoms in total.